The predicted octanol–water partition coefficient (Wildman–Crippen LogP) is 1.42. The largest absolute Gasteiger partial charge is 0.459 e. The molecule has 3 aliphatic heterocycles. The van der Waals surface area contributed by atoms with Gasteiger partial charge < -0.3 is 28.4 Å². The van der Waals surface area contributed by atoms with Crippen LogP contribution in [0.2, 0.25) is 0 Å². The first kappa shape index (κ1) is 14.8. The molecule has 0 radical (unpaired) electrons. The van der Waals surface area contributed by atoms with Crippen molar-refractivity contribution in [2.75, 3.05) is 6.61 Å². The summed E-state index contributed by atoms with van der Waals surface area (Å²) in [6, 6.07) is 0. The topological polar surface area (TPSA) is 72.5 Å². The molecule has 3 atom stereocenters. The summed E-state index contributed by atoms with van der Waals surface area (Å²) in [6.45, 7) is 8.82. The fourth-order valence-electron chi connectivity index (χ4n) is 2.63. The number of carbonyl (C=O) groups is 1. The average Bonchev–Trinajstić information content (AvgIpc) is 2.90. The molecule has 3 heterocycles. The van der Waals surface area contributed by atoms with Crippen LogP contribution in [-0.2, 0) is 33.2 Å². The molecule has 0 saturated carbocycles. The highest BCUT2D eigenvalue weighted by Gasteiger charge is 2.54. The van der Waals surface area contributed by atoms with E-state index in [1.165, 1.54) is 6.92 Å². The first-order valence-electron chi connectivity index (χ1n) is 6.93. The first-order chi connectivity index (χ1) is 9.67. The van der Waals surface area contributed by atoms with E-state index >= 15 is 0 Å². The van der Waals surface area contributed by atoms with E-state index in [0.29, 0.717) is 18.1 Å². The summed E-state index contributed by atoms with van der Waals surface area (Å²) >= 11 is 0. The highest BCUT2D eigenvalue weighted by atomic mass is 16.8. The molecular formula is C14H20O7. The maximum atomic E-state index is 11.4. The number of carbonyl (C=O) groups excluding carboxylic acids is 1. The zero-order chi connectivity index (χ0) is 15.4. The van der Waals surface area contributed by atoms with Crippen molar-refractivity contribution < 1.29 is 33.2 Å². The van der Waals surface area contributed by atoms with Gasteiger partial charge in [0.15, 0.2) is 29.2 Å². The Balaban J connectivity index is 1.87. The molecule has 7 nitrogen and oxygen atoms in total. The molecule has 118 valence electrons. The van der Waals surface area contributed by atoms with Gasteiger partial charge in [0.1, 0.15) is 6.10 Å². The van der Waals surface area contributed by atoms with Gasteiger partial charge >= 0.3 is 5.97 Å². The molecule has 0 N–H and O–H groups in total. The third-order valence-corrected chi connectivity index (χ3v) is 3.36. The summed E-state index contributed by atoms with van der Waals surface area (Å²) in [7, 11) is 0. The summed E-state index contributed by atoms with van der Waals surface area (Å²) in [4.78, 5) is 11.4. The van der Waals surface area contributed by atoms with Crippen LogP contribution < -0.4 is 0 Å². The van der Waals surface area contributed by atoms with Crippen LogP contribution in [0.25, 0.3) is 0 Å². The number of rotatable bonds is 2. The Bertz CT molecular complexity index is 494. The Labute approximate surface area is 123 Å². The lowest BCUT2D eigenvalue weighted by Gasteiger charge is -2.21. The van der Waals surface area contributed by atoms with Crippen LogP contribution in [0, 0.1) is 0 Å². The summed E-state index contributed by atoms with van der Waals surface area (Å²) in [5, 5.41) is 0. The van der Waals surface area contributed by atoms with E-state index in [9.17, 15) is 4.79 Å². The molecule has 0 aromatic heterocycles. The minimum atomic E-state index is -0.793. The van der Waals surface area contributed by atoms with E-state index in [4.69, 9.17) is 28.4 Å². The molecule has 0 bridgehead atoms. The summed E-state index contributed by atoms with van der Waals surface area (Å²) < 4.78 is 33.7. The van der Waals surface area contributed by atoms with Gasteiger partial charge in [0, 0.05) is 6.92 Å². The molecule has 7 heteroatoms. The number of esters is 1. The molecule has 0 amide bonds. The number of fused-ring (bicyclic) bond motifs is 1. The number of hydrogen-bond donors (Lipinski definition) is 0. The minimum Gasteiger partial charge on any atom is -0.459 e. The van der Waals surface area contributed by atoms with E-state index in [0.717, 1.165) is 0 Å². The van der Waals surface area contributed by atoms with Crippen molar-refractivity contribution in [1.82, 2.24) is 0 Å². The fraction of sp³-hybridized carbons (Fsp3) is 0.786. The highest BCUT2D eigenvalue weighted by molar-refractivity contribution is 5.67. The zero-order valence-electron chi connectivity index (χ0n) is 12.8. The van der Waals surface area contributed by atoms with Crippen molar-refractivity contribution in [2.24, 2.45) is 0 Å². The molecular weight excluding hydrogens is 280 g/mol. The van der Waals surface area contributed by atoms with Gasteiger partial charge in [-0.3, -0.25) is 4.79 Å². The van der Waals surface area contributed by atoms with Gasteiger partial charge in [-0.05, 0) is 27.7 Å². The Morgan fingerprint density at radius 2 is 1.86 bits per heavy atom. The third kappa shape index (κ3) is 2.78. The molecule has 0 spiro atoms. The molecule has 21 heavy (non-hydrogen) atoms. The standard InChI is InChI=1S/C14H20O7/c1-7(15)17-10-9(8-6-16-13(2,3)19-8)18-12-11(10)20-14(4,5)21-12/h8,11-12H,6H2,1-5H3. The van der Waals surface area contributed by atoms with Gasteiger partial charge in [-0.15, -0.1) is 0 Å². The summed E-state index contributed by atoms with van der Waals surface area (Å²) in [5.74, 6) is -1.23. The van der Waals surface area contributed by atoms with Crippen molar-refractivity contribution in [3.8, 4) is 0 Å². The van der Waals surface area contributed by atoms with Gasteiger partial charge in [-0.25, -0.2) is 0 Å². The second-order valence-corrected chi connectivity index (χ2v) is 6.18. The van der Waals surface area contributed by atoms with Crippen LogP contribution >= 0.6 is 0 Å². The molecule has 0 aromatic rings. The van der Waals surface area contributed by atoms with Crippen LogP contribution in [0.15, 0.2) is 11.5 Å². The van der Waals surface area contributed by atoms with Crippen LogP contribution in [-0.4, -0.2) is 42.6 Å². The van der Waals surface area contributed by atoms with Gasteiger partial charge in [-0.2, -0.15) is 0 Å². The van der Waals surface area contributed by atoms with Crippen LogP contribution in [0.3, 0.4) is 0 Å². The average molecular weight is 300 g/mol. The van der Waals surface area contributed by atoms with Crippen LogP contribution in [0.4, 0.5) is 0 Å². The van der Waals surface area contributed by atoms with Crippen molar-refractivity contribution in [1.29, 1.82) is 0 Å². The Morgan fingerprint density at radius 1 is 1.14 bits per heavy atom. The van der Waals surface area contributed by atoms with E-state index in [-0.39, 0.29) is 0 Å². The molecule has 3 aliphatic rings. The smallest absolute Gasteiger partial charge is 0.307 e. The molecule has 3 unspecified atom stereocenters. The van der Waals surface area contributed by atoms with Crippen molar-refractivity contribution >= 4 is 5.97 Å². The van der Waals surface area contributed by atoms with E-state index in [1.54, 1.807) is 13.8 Å². The lowest BCUT2D eigenvalue weighted by molar-refractivity contribution is -0.190. The quantitative estimate of drug-likeness (QED) is 0.714. The predicted molar refractivity (Wildman–Crippen MR) is 68.6 cm³/mol. The molecule has 0 aliphatic carbocycles. The van der Waals surface area contributed by atoms with Crippen molar-refractivity contribution in [3.05, 3.63) is 11.5 Å². The van der Waals surface area contributed by atoms with Crippen molar-refractivity contribution in [3.63, 3.8) is 0 Å². The normalized spacial score (nSPS) is 36.5. The van der Waals surface area contributed by atoms with E-state index < -0.39 is 36.0 Å². The summed E-state index contributed by atoms with van der Waals surface area (Å²) in [5.41, 5.74) is 0. The second-order valence-electron chi connectivity index (χ2n) is 6.18. The van der Waals surface area contributed by atoms with Gasteiger partial charge in [0.2, 0.25) is 6.29 Å². The highest BCUT2D eigenvalue weighted by Crippen LogP contribution is 2.43. The molecule has 2 saturated heterocycles. The van der Waals surface area contributed by atoms with E-state index in [2.05, 4.69) is 0 Å². The lowest BCUT2D eigenvalue weighted by atomic mass is 10.2. The number of hydrogen-bond acceptors (Lipinski definition) is 7. The molecule has 0 aromatic carbocycles. The number of ether oxygens (including phenoxy) is 6. The van der Waals surface area contributed by atoms with Gasteiger partial charge in [0.05, 0.1) is 6.61 Å². The first-order valence-corrected chi connectivity index (χ1v) is 6.93. The Kier molecular flexibility index (Phi) is 3.29. The molecule has 2 fully saturated rings. The van der Waals surface area contributed by atoms with Crippen LogP contribution in [0.1, 0.15) is 34.6 Å². The Morgan fingerprint density at radius 3 is 2.43 bits per heavy atom. The second kappa shape index (κ2) is 4.67. The monoisotopic (exact) mass is 300 g/mol. The Hall–Kier alpha value is -1.15. The lowest BCUT2D eigenvalue weighted by Crippen LogP contribution is -2.26. The minimum absolute atomic E-state index is 0.310. The maximum absolute atomic E-state index is 11.4. The maximum Gasteiger partial charge on any atom is 0.307 e. The van der Waals surface area contributed by atoms with Gasteiger partial charge in [-0.1, -0.05) is 0 Å². The van der Waals surface area contributed by atoms with Crippen molar-refractivity contribution in [2.45, 2.75) is 64.7 Å². The third-order valence-electron chi connectivity index (χ3n) is 3.36. The molecule has 3 rings (SSSR count). The zero-order valence-corrected chi connectivity index (χ0v) is 12.8. The van der Waals surface area contributed by atoms with Gasteiger partial charge in [0.25, 0.3) is 0 Å². The van der Waals surface area contributed by atoms with E-state index in [1.807, 2.05) is 13.8 Å². The SMILES string of the molecule is CC(=O)OC1=C(C2COC(C)(C)O2)OC2OC(C)(C)OC12. The van der Waals surface area contributed by atoms with Crippen LogP contribution in [0.5, 0.6) is 0 Å². The summed E-state index contributed by atoms with van der Waals surface area (Å²) in [6.07, 6.45) is -1.67. The fourth-order valence-corrected chi connectivity index (χ4v) is 2.63.